The van der Waals surface area contributed by atoms with Crippen LogP contribution in [0.1, 0.15) is 20.8 Å². The third kappa shape index (κ3) is 6.36. The number of hydrogen-bond acceptors (Lipinski definition) is 1. The Hall–Kier alpha value is -1.31. The predicted molar refractivity (Wildman–Crippen MR) is 111 cm³/mol. The molecule has 0 spiro atoms. The van der Waals surface area contributed by atoms with E-state index in [0.717, 1.165) is 5.88 Å². The first-order valence-corrected chi connectivity index (χ1v) is 10.6. The van der Waals surface area contributed by atoms with Crippen molar-refractivity contribution in [1.29, 1.82) is 0 Å². The monoisotopic (exact) mass is 467 g/mol. The molecule has 2 nitrogen and oxygen atoms in total. The van der Waals surface area contributed by atoms with Gasteiger partial charge < -0.3 is 0 Å². The average molecular weight is 466 g/mol. The van der Waals surface area contributed by atoms with Crippen molar-refractivity contribution < 1.29 is 21.8 Å². The van der Waals surface area contributed by atoms with Gasteiger partial charge in [0.25, 0.3) is 0 Å². The summed E-state index contributed by atoms with van der Waals surface area (Å²) in [5, 5.41) is 4.81. The molecule has 0 aromatic heterocycles. The van der Waals surface area contributed by atoms with Gasteiger partial charge in [-0.15, -0.1) is 12.8 Å². The first kappa shape index (κ1) is 22.0. The molecule has 1 heterocycles. The van der Waals surface area contributed by atoms with E-state index in [-0.39, 0.29) is 28.5 Å². The molecule has 1 aliphatic heterocycles. The van der Waals surface area contributed by atoms with Crippen molar-refractivity contribution in [3.05, 3.63) is 101 Å². The van der Waals surface area contributed by atoms with Crippen LogP contribution in [0.3, 0.4) is 0 Å². The first-order chi connectivity index (χ1) is 12.5. The molecule has 27 heavy (non-hydrogen) atoms. The van der Waals surface area contributed by atoms with Gasteiger partial charge in [-0.05, 0) is 0 Å². The Morgan fingerprint density at radius 2 is 1.93 bits per heavy atom. The molecule has 1 atom stereocenters. The second-order valence-corrected chi connectivity index (χ2v) is 9.65. The van der Waals surface area contributed by atoms with Crippen LogP contribution in [0.2, 0.25) is 0 Å². The van der Waals surface area contributed by atoms with Gasteiger partial charge in [-0.25, -0.2) is 18.6 Å². The zero-order chi connectivity index (χ0) is 18.4. The van der Waals surface area contributed by atoms with Crippen LogP contribution < -0.4 is 4.46 Å². The standard InChI is InChI=1S/C18H20NOSe.C5H5.Fe/c1-18(2,3)16-12-20-17(19-16)14-10-7-11-15(14)21-13-8-5-4-6-9-13;1-2-4-5-3-1;/h4-11,16H,12H2,1-3H3;1-5H;/q2*-1;+2/b17-14+;;/t16-;;/m1../s1. The zero-order valence-corrected chi connectivity index (χ0v) is 18.7. The second kappa shape index (κ2) is 10.3. The Morgan fingerprint density at radius 1 is 1.15 bits per heavy atom. The number of benzene rings is 1. The Bertz CT molecular complexity index is 722. The number of allylic oxidation sites excluding steroid dienone is 7. The predicted octanol–water partition coefficient (Wildman–Crippen LogP) is 4.67. The molecular formula is C23H25FeNOSe. The molecule has 142 valence electrons. The largest absolute Gasteiger partial charge is 2.00 e. The molecule has 0 amide bonds. The van der Waals surface area contributed by atoms with Gasteiger partial charge in [0.2, 0.25) is 0 Å². The molecule has 1 aromatic rings. The Labute approximate surface area is 180 Å². The molecule has 1 saturated heterocycles. The van der Waals surface area contributed by atoms with Crippen LogP contribution in [-0.2, 0) is 21.8 Å². The van der Waals surface area contributed by atoms with E-state index in [1.807, 2.05) is 31.4 Å². The van der Waals surface area contributed by atoms with Crippen molar-refractivity contribution in [1.82, 2.24) is 0 Å². The summed E-state index contributed by atoms with van der Waals surface area (Å²) in [7, 11) is 0. The third-order valence-corrected chi connectivity index (χ3v) is 6.46. The minimum Gasteiger partial charge on any atom is -0.231 e. The summed E-state index contributed by atoms with van der Waals surface area (Å²) in [5.41, 5.74) is 1.32. The molecule has 0 N–H and O–H groups in total. The Kier molecular flexibility index (Phi) is 8.38. The van der Waals surface area contributed by atoms with Gasteiger partial charge in [-0.3, -0.25) is 0 Å². The van der Waals surface area contributed by atoms with Crippen molar-refractivity contribution in [2.24, 2.45) is 5.41 Å². The number of nitrogens with zero attached hydrogens (tertiary/aromatic N) is 1. The molecule has 1 fully saturated rings. The topological polar surface area (TPSA) is 23.3 Å². The van der Waals surface area contributed by atoms with Crippen molar-refractivity contribution in [3.8, 4) is 0 Å². The van der Waals surface area contributed by atoms with Gasteiger partial charge in [0, 0.05) is 0 Å². The number of ether oxygens (including phenoxy) is 1. The van der Waals surface area contributed by atoms with Gasteiger partial charge in [0.1, 0.15) is 0 Å². The van der Waals surface area contributed by atoms with Gasteiger partial charge in [-0.1, -0.05) is 0 Å². The van der Waals surface area contributed by atoms with Gasteiger partial charge in [-0.2, -0.15) is 0 Å². The fraction of sp³-hybridized carbons (Fsp3) is 0.261. The van der Waals surface area contributed by atoms with Crippen LogP contribution in [0.5, 0.6) is 0 Å². The molecule has 1 aromatic carbocycles. The first-order valence-electron chi connectivity index (χ1n) is 8.90. The van der Waals surface area contributed by atoms with E-state index in [9.17, 15) is 0 Å². The van der Waals surface area contributed by atoms with Gasteiger partial charge >= 0.3 is 150 Å². The van der Waals surface area contributed by atoms with Crippen LogP contribution in [0.25, 0.3) is 5.32 Å². The molecular weight excluding hydrogens is 441 g/mol. The maximum Gasteiger partial charge on any atom is 2.00 e. The Morgan fingerprint density at radius 3 is 2.48 bits per heavy atom. The fourth-order valence-corrected chi connectivity index (χ4v) is 4.58. The average Bonchev–Trinajstić information content (AvgIpc) is 3.38. The summed E-state index contributed by atoms with van der Waals surface area (Å²) in [4.78, 5) is 0. The number of hydrogen-bond donors (Lipinski definition) is 0. The van der Waals surface area contributed by atoms with Crippen molar-refractivity contribution >= 4 is 19.4 Å². The van der Waals surface area contributed by atoms with E-state index in [4.69, 9.17) is 10.1 Å². The molecule has 2 aliphatic carbocycles. The smallest absolute Gasteiger partial charge is 0.231 e. The van der Waals surface area contributed by atoms with Crippen molar-refractivity contribution in [2.45, 2.75) is 26.8 Å². The van der Waals surface area contributed by atoms with Gasteiger partial charge in [0.05, 0.1) is 0 Å². The van der Waals surface area contributed by atoms with E-state index in [1.54, 1.807) is 0 Å². The molecule has 0 unspecified atom stereocenters. The summed E-state index contributed by atoms with van der Waals surface area (Å²) in [6.07, 6.45) is 16.4. The van der Waals surface area contributed by atoms with E-state index >= 15 is 0 Å². The van der Waals surface area contributed by atoms with Crippen LogP contribution in [0.15, 0.2) is 76.6 Å². The minimum absolute atomic E-state index is 0. The summed E-state index contributed by atoms with van der Waals surface area (Å²) in [5.74, 6) is 0.827. The van der Waals surface area contributed by atoms with E-state index < -0.39 is 0 Å². The molecule has 2 radical (unpaired) electrons. The molecule has 0 saturated carbocycles. The quantitative estimate of drug-likeness (QED) is 0.459. The zero-order valence-electron chi connectivity index (χ0n) is 15.9. The summed E-state index contributed by atoms with van der Waals surface area (Å²) < 4.78 is 8.60. The summed E-state index contributed by atoms with van der Waals surface area (Å²) in [6.45, 7) is 7.34. The van der Waals surface area contributed by atoms with E-state index in [0.29, 0.717) is 21.6 Å². The van der Waals surface area contributed by atoms with Crippen LogP contribution in [0.4, 0.5) is 0 Å². The maximum absolute atomic E-state index is 5.87. The molecule has 0 bridgehead atoms. The minimum atomic E-state index is 0. The van der Waals surface area contributed by atoms with E-state index in [1.165, 1.54) is 14.5 Å². The van der Waals surface area contributed by atoms with Crippen LogP contribution in [0, 0.1) is 24.7 Å². The van der Waals surface area contributed by atoms with E-state index in [2.05, 4.69) is 69.3 Å². The summed E-state index contributed by atoms with van der Waals surface area (Å²) in [6, 6.07) is 10.9. The van der Waals surface area contributed by atoms with Crippen molar-refractivity contribution in [3.63, 3.8) is 0 Å². The second-order valence-electron chi connectivity index (χ2n) is 7.31. The molecule has 4 heteroatoms. The third-order valence-electron chi connectivity index (χ3n) is 4.18. The Balaban J connectivity index is 0.000000379. The van der Waals surface area contributed by atoms with Crippen LogP contribution >= 0.6 is 0 Å². The summed E-state index contributed by atoms with van der Waals surface area (Å²) >= 11 is 0.297. The number of rotatable bonds is 2. The van der Waals surface area contributed by atoms with Gasteiger partial charge in [0.15, 0.2) is 0 Å². The van der Waals surface area contributed by atoms with Crippen molar-refractivity contribution in [2.75, 3.05) is 6.61 Å². The normalized spacial score (nSPS) is 22.8. The fourth-order valence-electron chi connectivity index (χ4n) is 2.57. The maximum atomic E-state index is 5.87. The molecule has 4 rings (SSSR count). The SMILES string of the molecule is CC(C)(C)[C@H]1CO/C(=C2\C=CC=C2[Se]c2ccccc2)[N-]1.[CH]1[CH][CH-]C=C1.[Fe+2]. The van der Waals surface area contributed by atoms with Crippen LogP contribution in [-0.4, -0.2) is 27.6 Å². The molecule has 3 aliphatic rings.